The molecule has 6 heteroatoms. The molecule has 4 nitrogen and oxygen atoms in total. The molecule has 0 heterocycles. The highest BCUT2D eigenvalue weighted by molar-refractivity contribution is 6.09. The fourth-order valence-electron chi connectivity index (χ4n) is 2.47. The van der Waals surface area contributed by atoms with Gasteiger partial charge in [0.25, 0.3) is 5.91 Å². The fraction of sp³-hybridized carbons (Fsp3) is 0.200. The molecule has 2 rings (SSSR count). The van der Waals surface area contributed by atoms with Crippen LogP contribution in [0.5, 0.6) is 0 Å². The van der Waals surface area contributed by atoms with Crippen LogP contribution < -0.4 is 10.2 Å². The number of benzene rings is 2. The topological polar surface area (TPSA) is 56.1 Å². The predicted octanol–water partition coefficient (Wildman–Crippen LogP) is 4.36. The lowest BCUT2D eigenvalue weighted by molar-refractivity contribution is -0.112. The number of hydrogen-bond donors (Lipinski definition) is 1. The van der Waals surface area contributed by atoms with Gasteiger partial charge in [-0.25, -0.2) is 8.78 Å². The van der Waals surface area contributed by atoms with Crippen LogP contribution in [-0.2, 0) is 4.79 Å². The summed E-state index contributed by atoms with van der Waals surface area (Å²) in [5, 5.41) is 11.5. The van der Waals surface area contributed by atoms with Gasteiger partial charge in [-0.1, -0.05) is 12.1 Å². The van der Waals surface area contributed by atoms with Gasteiger partial charge in [-0.15, -0.1) is 0 Å². The van der Waals surface area contributed by atoms with Crippen LogP contribution in [-0.4, -0.2) is 19.0 Å². The quantitative estimate of drug-likeness (QED) is 0.619. The van der Waals surface area contributed by atoms with Gasteiger partial charge < -0.3 is 10.2 Å². The van der Waals surface area contributed by atoms with E-state index in [1.807, 2.05) is 12.1 Å². The lowest BCUT2D eigenvalue weighted by Crippen LogP contribution is -2.21. The molecule has 0 aliphatic carbocycles. The van der Waals surface area contributed by atoms with Gasteiger partial charge in [-0.05, 0) is 49.8 Å². The Labute approximate surface area is 151 Å². The normalized spacial score (nSPS) is 11.0. The molecule has 0 aromatic heterocycles. The van der Waals surface area contributed by atoms with Crippen LogP contribution in [0.15, 0.2) is 48.0 Å². The molecule has 0 bridgehead atoms. The average Bonchev–Trinajstić information content (AvgIpc) is 2.64. The smallest absolute Gasteiger partial charge is 0.266 e. The van der Waals surface area contributed by atoms with Crippen LogP contribution in [0.1, 0.15) is 19.4 Å². The molecule has 0 aliphatic rings. The van der Waals surface area contributed by atoms with Gasteiger partial charge in [0.05, 0.1) is 5.69 Å². The second-order valence-corrected chi connectivity index (χ2v) is 5.51. The summed E-state index contributed by atoms with van der Waals surface area (Å²) in [6.45, 7) is 5.87. The zero-order chi connectivity index (χ0) is 19.1. The Balaban J connectivity index is 2.19. The van der Waals surface area contributed by atoms with Crippen molar-refractivity contribution >= 4 is 23.4 Å². The van der Waals surface area contributed by atoms with Gasteiger partial charge in [-0.2, -0.15) is 5.26 Å². The number of rotatable bonds is 6. The zero-order valence-electron chi connectivity index (χ0n) is 14.6. The molecule has 0 spiro atoms. The Morgan fingerprint density at radius 1 is 1.15 bits per heavy atom. The molecule has 0 radical (unpaired) electrons. The van der Waals surface area contributed by atoms with Gasteiger partial charge >= 0.3 is 0 Å². The summed E-state index contributed by atoms with van der Waals surface area (Å²) in [5.41, 5.74) is 1.36. The van der Waals surface area contributed by atoms with Crippen LogP contribution in [0.4, 0.5) is 20.2 Å². The van der Waals surface area contributed by atoms with Crippen LogP contribution in [0.25, 0.3) is 6.08 Å². The van der Waals surface area contributed by atoms with E-state index in [1.165, 1.54) is 6.08 Å². The number of halogens is 2. The molecule has 0 saturated heterocycles. The van der Waals surface area contributed by atoms with Crippen LogP contribution in [0.3, 0.4) is 0 Å². The Morgan fingerprint density at radius 3 is 2.35 bits per heavy atom. The minimum Gasteiger partial charge on any atom is -0.372 e. The summed E-state index contributed by atoms with van der Waals surface area (Å²) < 4.78 is 26.5. The van der Waals surface area contributed by atoms with Crippen LogP contribution >= 0.6 is 0 Å². The van der Waals surface area contributed by atoms with Crippen molar-refractivity contribution < 1.29 is 13.6 Å². The predicted molar refractivity (Wildman–Crippen MR) is 98.6 cm³/mol. The summed E-state index contributed by atoms with van der Waals surface area (Å²) >= 11 is 0. The molecule has 134 valence electrons. The van der Waals surface area contributed by atoms with Crippen molar-refractivity contribution in [1.82, 2.24) is 0 Å². The van der Waals surface area contributed by atoms with Crippen molar-refractivity contribution in [1.29, 1.82) is 5.26 Å². The molecular weight excluding hydrogens is 336 g/mol. The molecule has 26 heavy (non-hydrogen) atoms. The fourth-order valence-corrected chi connectivity index (χ4v) is 2.47. The molecule has 2 aromatic carbocycles. The molecular formula is C20H19F2N3O. The lowest BCUT2D eigenvalue weighted by atomic mass is 10.1. The molecule has 0 atom stereocenters. The van der Waals surface area contributed by atoms with Crippen LogP contribution in [0.2, 0.25) is 0 Å². The largest absolute Gasteiger partial charge is 0.372 e. The number of anilines is 2. The number of nitrogens with zero attached hydrogens (tertiary/aromatic N) is 2. The highest BCUT2D eigenvalue weighted by Gasteiger charge is 2.13. The third-order valence-electron chi connectivity index (χ3n) is 3.88. The Kier molecular flexibility index (Phi) is 6.45. The number of amides is 1. The maximum atomic E-state index is 13.6. The van der Waals surface area contributed by atoms with Crippen molar-refractivity contribution in [2.24, 2.45) is 0 Å². The number of carbonyl (C=O) groups is 1. The van der Waals surface area contributed by atoms with Crippen molar-refractivity contribution in [3.8, 4) is 6.07 Å². The third-order valence-corrected chi connectivity index (χ3v) is 3.88. The molecule has 1 amide bonds. The summed E-state index contributed by atoms with van der Waals surface area (Å²) in [7, 11) is 0. The molecule has 0 fully saturated rings. The first-order chi connectivity index (χ1) is 12.5. The van der Waals surface area contributed by atoms with Crippen molar-refractivity contribution in [2.45, 2.75) is 13.8 Å². The second-order valence-electron chi connectivity index (χ2n) is 5.51. The highest BCUT2D eigenvalue weighted by atomic mass is 19.1. The number of nitriles is 1. The number of carbonyl (C=O) groups excluding carboxylic acids is 1. The van der Waals surface area contributed by atoms with E-state index in [1.54, 1.807) is 18.2 Å². The summed E-state index contributed by atoms with van der Waals surface area (Å²) in [4.78, 5) is 14.4. The molecule has 2 aromatic rings. The van der Waals surface area contributed by atoms with E-state index in [2.05, 4.69) is 24.1 Å². The Bertz CT molecular complexity index is 850. The standard InChI is InChI=1S/C20H19F2N3O/c1-3-25(4-2)17-8-5-14(6-9-17)11-15(13-23)20(26)24-19-10-7-16(21)12-18(19)22/h5-12H,3-4H2,1-2H3,(H,24,26)/b15-11+. The van der Waals surface area contributed by atoms with Crippen LogP contribution in [0, 0.1) is 23.0 Å². The Morgan fingerprint density at radius 2 is 1.81 bits per heavy atom. The SMILES string of the molecule is CCN(CC)c1ccc(/C=C(\C#N)C(=O)Nc2ccc(F)cc2F)cc1. The molecule has 0 aliphatic heterocycles. The maximum absolute atomic E-state index is 13.6. The van der Waals surface area contributed by atoms with E-state index in [0.717, 1.165) is 30.9 Å². The first-order valence-electron chi connectivity index (χ1n) is 8.21. The summed E-state index contributed by atoms with van der Waals surface area (Å²) in [6.07, 6.45) is 1.42. The molecule has 0 unspecified atom stereocenters. The van der Waals surface area contributed by atoms with Crippen molar-refractivity contribution in [3.63, 3.8) is 0 Å². The first-order valence-corrected chi connectivity index (χ1v) is 8.21. The van der Waals surface area contributed by atoms with Crippen molar-refractivity contribution in [3.05, 3.63) is 65.2 Å². The summed E-state index contributed by atoms with van der Waals surface area (Å²) in [6, 6.07) is 12.0. The maximum Gasteiger partial charge on any atom is 0.266 e. The van der Waals surface area contributed by atoms with Gasteiger partial charge in [0.15, 0.2) is 0 Å². The second kappa shape index (κ2) is 8.77. The zero-order valence-corrected chi connectivity index (χ0v) is 14.6. The van der Waals surface area contributed by atoms with E-state index in [0.29, 0.717) is 11.6 Å². The van der Waals surface area contributed by atoms with E-state index in [4.69, 9.17) is 0 Å². The van der Waals surface area contributed by atoms with E-state index in [-0.39, 0.29) is 11.3 Å². The van der Waals surface area contributed by atoms with E-state index >= 15 is 0 Å². The lowest BCUT2D eigenvalue weighted by Gasteiger charge is -2.20. The minimum absolute atomic E-state index is 0.177. The first kappa shape index (κ1) is 19.1. The monoisotopic (exact) mass is 355 g/mol. The Hall–Kier alpha value is -3.20. The van der Waals surface area contributed by atoms with Gasteiger partial charge in [0.1, 0.15) is 23.3 Å². The average molecular weight is 355 g/mol. The van der Waals surface area contributed by atoms with Gasteiger partial charge in [0.2, 0.25) is 0 Å². The highest BCUT2D eigenvalue weighted by Crippen LogP contribution is 2.18. The minimum atomic E-state index is -0.904. The molecule has 0 saturated carbocycles. The van der Waals surface area contributed by atoms with Crippen molar-refractivity contribution in [2.75, 3.05) is 23.3 Å². The summed E-state index contributed by atoms with van der Waals surface area (Å²) in [5.74, 6) is -2.41. The van der Waals surface area contributed by atoms with E-state index in [9.17, 15) is 18.8 Å². The molecule has 1 N–H and O–H groups in total. The third kappa shape index (κ3) is 4.67. The van der Waals surface area contributed by atoms with E-state index < -0.39 is 17.5 Å². The number of hydrogen-bond acceptors (Lipinski definition) is 3. The van der Waals surface area contributed by atoms with Gasteiger partial charge in [0, 0.05) is 24.8 Å². The van der Waals surface area contributed by atoms with Gasteiger partial charge in [-0.3, -0.25) is 4.79 Å². The number of nitrogens with one attached hydrogen (secondary N) is 1.